The number of hydrogen-bond donors (Lipinski definition) is 1. The van der Waals surface area contributed by atoms with Crippen LogP contribution in [0.2, 0.25) is 0 Å². The van der Waals surface area contributed by atoms with Crippen LogP contribution in [-0.4, -0.2) is 75.9 Å². The molecule has 1 aromatic heterocycles. The van der Waals surface area contributed by atoms with Gasteiger partial charge in [-0.3, -0.25) is 0 Å². The molecule has 0 fully saturated rings. The van der Waals surface area contributed by atoms with Gasteiger partial charge in [-0.2, -0.15) is 18.2 Å². The lowest BCUT2D eigenvalue weighted by Gasteiger charge is -2.19. The number of hydrogen-bond acceptors (Lipinski definition) is 9. The van der Waals surface area contributed by atoms with Crippen molar-refractivity contribution in [2.75, 3.05) is 45.8 Å². The van der Waals surface area contributed by atoms with Crippen molar-refractivity contribution in [2.24, 2.45) is 0 Å². The van der Waals surface area contributed by atoms with Gasteiger partial charge in [-0.05, 0) is 20.8 Å². The van der Waals surface area contributed by atoms with Gasteiger partial charge in [0.05, 0.1) is 26.4 Å². The maximum Gasteiger partial charge on any atom is 0.433 e. The highest BCUT2D eigenvalue weighted by molar-refractivity contribution is 7.90. The Morgan fingerprint density at radius 1 is 1.03 bits per heavy atom. The van der Waals surface area contributed by atoms with E-state index in [0.717, 1.165) is 0 Å². The number of nitrogens with one attached hydrogen (secondary N) is 1. The summed E-state index contributed by atoms with van der Waals surface area (Å²) in [5, 5.41) is 1.54. The second kappa shape index (κ2) is 11.4. The maximum absolute atomic E-state index is 12.9. The lowest BCUT2D eigenvalue weighted by Crippen LogP contribution is -2.34. The van der Waals surface area contributed by atoms with Crippen molar-refractivity contribution >= 4 is 15.9 Å². The van der Waals surface area contributed by atoms with Gasteiger partial charge in [0.1, 0.15) is 12.2 Å². The topological polar surface area (TPSA) is 126 Å². The number of aromatic nitrogens is 2. The van der Waals surface area contributed by atoms with E-state index in [2.05, 4.69) is 15.3 Å². The average Bonchev–Trinajstić information content (AvgIpc) is 2.60. The number of sulfone groups is 1. The zero-order chi connectivity index (χ0) is 23.7. The molecule has 0 spiro atoms. The molecule has 0 radical (unpaired) electrons. The monoisotopic (exact) mass is 473 g/mol. The molecule has 178 valence electrons. The highest BCUT2D eigenvalue weighted by atomic mass is 32.2. The molecule has 0 aromatic carbocycles. The van der Waals surface area contributed by atoms with E-state index in [0.29, 0.717) is 12.3 Å². The molecular formula is C17H26F3N3O7S. The summed E-state index contributed by atoms with van der Waals surface area (Å²) in [5.41, 5.74) is -2.01. The number of amides is 1. The zero-order valence-electron chi connectivity index (χ0n) is 17.6. The van der Waals surface area contributed by atoms with Gasteiger partial charge in [0, 0.05) is 18.9 Å². The highest BCUT2D eigenvalue weighted by Crippen LogP contribution is 2.30. The molecule has 0 saturated heterocycles. The van der Waals surface area contributed by atoms with E-state index in [9.17, 15) is 26.4 Å². The zero-order valence-corrected chi connectivity index (χ0v) is 18.4. The van der Waals surface area contributed by atoms with Gasteiger partial charge in [0.2, 0.25) is 15.7 Å². The van der Waals surface area contributed by atoms with Gasteiger partial charge in [0.25, 0.3) is 5.16 Å². The Morgan fingerprint density at radius 2 is 1.61 bits per heavy atom. The molecule has 10 nitrogen and oxygen atoms in total. The van der Waals surface area contributed by atoms with Crippen molar-refractivity contribution in [1.29, 1.82) is 0 Å². The standard InChI is InChI=1S/C17H26F3N3O7S/c1-16(2,3)30-15(24)21-5-6-27-7-8-28-9-10-29-13-11-12(17(18,19)20)22-14(23-13)31(4,25)26/h11H,5-10H2,1-4H3,(H,21,24). The van der Waals surface area contributed by atoms with Gasteiger partial charge in [-0.15, -0.1) is 0 Å². The Hall–Kier alpha value is -2.19. The van der Waals surface area contributed by atoms with E-state index < -0.39 is 44.4 Å². The number of nitrogens with zero attached hydrogens (tertiary/aromatic N) is 2. The van der Waals surface area contributed by atoms with Crippen LogP contribution >= 0.6 is 0 Å². The number of alkyl halides is 3. The van der Waals surface area contributed by atoms with Crippen LogP contribution in [0.5, 0.6) is 5.88 Å². The smallest absolute Gasteiger partial charge is 0.433 e. The van der Waals surface area contributed by atoms with Crippen LogP contribution in [0.25, 0.3) is 0 Å². The fourth-order valence-electron chi connectivity index (χ4n) is 1.86. The van der Waals surface area contributed by atoms with Crippen LogP contribution in [0, 0.1) is 0 Å². The van der Waals surface area contributed by atoms with Crippen molar-refractivity contribution in [3.63, 3.8) is 0 Å². The molecule has 1 rings (SSSR count). The summed E-state index contributed by atoms with van der Waals surface area (Å²) in [6.07, 6.45) is -4.72. The molecule has 14 heteroatoms. The molecule has 0 unspecified atom stereocenters. The van der Waals surface area contributed by atoms with Crippen LogP contribution in [-0.2, 0) is 30.2 Å². The minimum Gasteiger partial charge on any atom is -0.475 e. The first-order valence-electron chi connectivity index (χ1n) is 9.10. The molecular weight excluding hydrogens is 447 g/mol. The third kappa shape index (κ3) is 11.7. The van der Waals surface area contributed by atoms with Crippen LogP contribution in [0.3, 0.4) is 0 Å². The molecule has 0 aliphatic heterocycles. The predicted octanol–water partition coefficient (Wildman–Crippen LogP) is 1.84. The first-order valence-corrected chi connectivity index (χ1v) is 11.0. The van der Waals surface area contributed by atoms with E-state index in [1.165, 1.54) is 0 Å². The highest BCUT2D eigenvalue weighted by Gasteiger charge is 2.35. The fourth-order valence-corrected chi connectivity index (χ4v) is 2.38. The largest absolute Gasteiger partial charge is 0.475 e. The minimum absolute atomic E-state index is 0.000912. The molecule has 0 aliphatic carbocycles. The number of carbonyl (C=O) groups is 1. The van der Waals surface area contributed by atoms with E-state index in [-0.39, 0.29) is 39.6 Å². The maximum atomic E-state index is 12.9. The fraction of sp³-hybridized carbons (Fsp3) is 0.706. The number of halogens is 3. The van der Waals surface area contributed by atoms with Crippen LogP contribution in [0.1, 0.15) is 26.5 Å². The first-order chi connectivity index (χ1) is 14.2. The van der Waals surface area contributed by atoms with Crippen LogP contribution < -0.4 is 10.1 Å². The summed E-state index contributed by atoms with van der Waals surface area (Å²) in [6.45, 7) is 5.92. The molecule has 31 heavy (non-hydrogen) atoms. The third-order valence-corrected chi connectivity index (χ3v) is 3.91. The average molecular weight is 473 g/mol. The first kappa shape index (κ1) is 26.8. The number of carbonyl (C=O) groups excluding carboxylic acids is 1. The Bertz CT molecular complexity index is 827. The molecule has 1 aromatic rings. The third-order valence-electron chi connectivity index (χ3n) is 3.07. The molecule has 0 bridgehead atoms. The quantitative estimate of drug-likeness (QED) is 0.378. The Morgan fingerprint density at radius 3 is 2.16 bits per heavy atom. The summed E-state index contributed by atoms with van der Waals surface area (Å²) in [6, 6.07) is 0.509. The summed E-state index contributed by atoms with van der Waals surface area (Å²) in [5.74, 6) is -0.532. The molecule has 1 amide bonds. The van der Waals surface area contributed by atoms with Gasteiger partial charge < -0.3 is 24.3 Å². The Labute approximate surface area is 178 Å². The predicted molar refractivity (Wildman–Crippen MR) is 102 cm³/mol. The van der Waals surface area contributed by atoms with E-state index in [4.69, 9.17) is 18.9 Å². The van der Waals surface area contributed by atoms with Crippen molar-refractivity contribution in [2.45, 2.75) is 37.7 Å². The lowest BCUT2D eigenvalue weighted by atomic mass is 10.2. The van der Waals surface area contributed by atoms with E-state index in [1.54, 1.807) is 20.8 Å². The summed E-state index contributed by atoms with van der Waals surface area (Å²) in [7, 11) is -4.06. The van der Waals surface area contributed by atoms with Crippen LogP contribution in [0.15, 0.2) is 11.2 Å². The number of rotatable bonds is 11. The van der Waals surface area contributed by atoms with Crippen molar-refractivity contribution in [1.82, 2.24) is 15.3 Å². The van der Waals surface area contributed by atoms with Gasteiger partial charge >= 0.3 is 12.3 Å². The molecule has 0 atom stereocenters. The minimum atomic E-state index is -4.85. The summed E-state index contributed by atoms with van der Waals surface area (Å²) >= 11 is 0. The van der Waals surface area contributed by atoms with E-state index >= 15 is 0 Å². The van der Waals surface area contributed by atoms with Gasteiger partial charge in [-0.1, -0.05) is 0 Å². The summed E-state index contributed by atoms with van der Waals surface area (Å²) < 4.78 is 82.0. The van der Waals surface area contributed by atoms with Crippen molar-refractivity contribution in [3.8, 4) is 5.88 Å². The Kier molecular flexibility index (Phi) is 9.90. The second-order valence-electron chi connectivity index (χ2n) is 7.15. The van der Waals surface area contributed by atoms with E-state index in [1.807, 2.05) is 0 Å². The van der Waals surface area contributed by atoms with Gasteiger partial charge in [0.15, 0.2) is 5.69 Å². The van der Waals surface area contributed by atoms with Gasteiger partial charge in [-0.25, -0.2) is 18.2 Å². The van der Waals surface area contributed by atoms with Crippen molar-refractivity contribution < 1.29 is 45.3 Å². The number of alkyl carbamates (subject to hydrolysis) is 1. The Balaban J connectivity index is 2.28. The normalized spacial score (nSPS) is 12.5. The van der Waals surface area contributed by atoms with Crippen molar-refractivity contribution in [3.05, 3.63) is 11.8 Å². The molecule has 1 heterocycles. The molecule has 0 aliphatic rings. The second-order valence-corrected chi connectivity index (χ2v) is 9.06. The van der Waals surface area contributed by atoms with Crippen LogP contribution in [0.4, 0.5) is 18.0 Å². The SMILES string of the molecule is CC(C)(C)OC(=O)NCCOCCOCCOc1cc(C(F)(F)F)nc(S(C)(=O)=O)n1. The summed E-state index contributed by atoms with van der Waals surface area (Å²) in [4.78, 5) is 17.9. The molecule has 1 N–H and O–H groups in total. The number of ether oxygens (including phenoxy) is 4. The molecule has 0 saturated carbocycles. The lowest BCUT2D eigenvalue weighted by molar-refractivity contribution is -0.141.